The largest absolute Gasteiger partial charge is 0.390 e. The number of amides is 2. The van der Waals surface area contributed by atoms with E-state index in [4.69, 9.17) is 5.26 Å². The number of benzene rings is 2. The molecule has 2 aromatic rings. The Morgan fingerprint density at radius 1 is 1.17 bits per heavy atom. The number of likely N-dealkylation sites (tertiary alicyclic amines) is 1. The highest BCUT2D eigenvalue weighted by molar-refractivity contribution is 5.97. The van der Waals surface area contributed by atoms with Crippen LogP contribution >= 0.6 is 0 Å². The molecule has 0 bridgehead atoms. The van der Waals surface area contributed by atoms with Gasteiger partial charge in [0.05, 0.1) is 17.2 Å². The molecule has 2 aromatic carbocycles. The third kappa shape index (κ3) is 6.68. The first-order valence-corrected chi connectivity index (χ1v) is 12.6. The molecule has 1 aliphatic carbocycles. The number of nitrogens with zero attached hydrogens (tertiary/aromatic N) is 2. The fraction of sp³-hybridized carbons (Fsp3) is 0.464. The maximum Gasteiger partial charge on any atom is 0.251 e. The Kier molecular flexibility index (Phi) is 8.02. The smallest absolute Gasteiger partial charge is 0.251 e. The summed E-state index contributed by atoms with van der Waals surface area (Å²) in [5.74, 6) is -0.350. The minimum Gasteiger partial charge on any atom is -0.390 e. The van der Waals surface area contributed by atoms with E-state index in [1.54, 1.807) is 36.1 Å². The summed E-state index contributed by atoms with van der Waals surface area (Å²) < 4.78 is 13.2. The van der Waals surface area contributed by atoms with Crippen molar-refractivity contribution < 1.29 is 19.1 Å². The molecule has 4 rings (SSSR count). The second-order valence-corrected chi connectivity index (χ2v) is 10.1. The van der Waals surface area contributed by atoms with Gasteiger partial charge in [0, 0.05) is 30.6 Å². The number of carbonyl (C=O) groups excluding carboxylic acids is 2. The molecule has 3 atom stereocenters. The van der Waals surface area contributed by atoms with Crippen LogP contribution in [0.4, 0.5) is 4.39 Å². The maximum atomic E-state index is 13.3. The summed E-state index contributed by atoms with van der Waals surface area (Å²) in [6.45, 7) is 3.39. The van der Waals surface area contributed by atoms with Gasteiger partial charge in [-0.1, -0.05) is 12.1 Å². The van der Waals surface area contributed by atoms with Gasteiger partial charge in [0.2, 0.25) is 5.91 Å². The van der Waals surface area contributed by atoms with E-state index in [0.29, 0.717) is 68.4 Å². The zero-order chi connectivity index (χ0) is 25.7. The van der Waals surface area contributed by atoms with E-state index < -0.39 is 11.6 Å². The van der Waals surface area contributed by atoms with Crippen molar-refractivity contribution in [3.05, 3.63) is 71.0 Å². The van der Waals surface area contributed by atoms with E-state index in [0.717, 1.165) is 12.0 Å². The summed E-state index contributed by atoms with van der Waals surface area (Å²) in [6, 6.07) is 14.6. The van der Waals surface area contributed by atoms with Crippen molar-refractivity contribution in [2.45, 2.75) is 62.6 Å². The minimum atomic E-state index is -0.771. The van der Waals surface area contributed by atoms with Crippen LogP contribution in [-0.2, 0) is 4.79 Å². The lowest BCUT2D eigenvalue weighted by molar-refractivity contribution is -0.137. The summed E-state index contributed by atoms with van der Waals surface area (Å²) in [5, 5.41) is 25.6. The number of hydrogen-bond donors (Lipinski definition) is 3. The van der Waals surface area contributed by atoms with Crippen LogP contribution < -0.4 is 10.6 Å². The molecule has 2 aliphatic rings. The number of nitriles is 1. The Hall–Kier alpha value is -3.28. The molecule has 0 unspecified atom stereocenters. The van der Waals surface area contributed by atoms with Gasteiger partial charge in [0.1, 0.15) is 11.9 Å². The Morgan fingerprint density at radius 2 is 1.83 bits per heavy atom. The number of halogens is 1. The Labute approximate surface area is 211 Å². The lowest BCUT2D eigenvalue weighted by Gasteiger charge is -2.37. The molecule has 190 valence electrons. The number of piperidine rings is 1. The van der Waals surface area contributed by atoms with Gasteiger partial charge in [-0.25, -0.2) is 4.39 Å². The molecular formula is C28H33FN4O3. The lowest BCUT2D eigenvalue weighted by Crippen LogP contribution is -2.53. The predicted octanol–water partition coefficient (Wildman–Crippen LogP) is 3.10. The molecule has 8 heteroatoms. The summed E-state index contributed by atoms with van der Waals surface area (Å²) in [5.41, 5.74) is 1.21. The Balaban J connectivity index is 1.32. The van der Waals surface area contributed by atoms with Crippen molar-refractivity contribution in [2.24, 2.45) is 0 Å². The topological polar surface area (TPSA) is 105 Å². The van der Waals surface area contributed by atoms with E-state index in [1.807, 2.05) is 18.2 Å². The van der Waals surface area contributed by atoms with Crippen molar-refractivity contribution in [2.75, 3.05) is 19.6 Å². The molecule has 0 aromatic heterocycles. The molecule has 1 aliphatic heterocycles. The Bertz CT molecular complexity index is 1100. The van der Waals surface area contributed by atoms with E-state index >= 15 is 0 Å². The molecule has 3 N–H and O–H groups in total. The number of carbonyl (C=O) groups is 2. The van der Waals surface area contributed by atoms with Crippen LogP contribution in [0.25, 0.3) is 0 Å². The Morgan fingerprint density at radius 3 is 2.47 bits per heavy atom. The predicted molar refractivity (Wildman–Crippen MR) is 134 cm³/mol. The van der Waals surface area contributed by atoms with E-state index in [9.17, 15) is 19.1 Å². The van der Waals surface area contributed by atoms with Crippen LogP contribution in [0.5, 0.6) is 0 Å². The number of rotatable bonds is 9. The van der Waals surface area contributed by atoms with Crippen molar-refractivity contribution in [3.8, 4) is 6.07 Å². The first-order valence-electron chi connectivity index (χ1n) is 12.6. The van der Waals surface area contributed by atoms with E-state index in [-0.39, 0.29) is 17.6 Å². The lowest BCUT2D eigenvalue weighted by atomic mass is 9.93. The quantitative estimate of drug-likeness (QED) is 0.467. The van der Waals surface area contributed by atoms with Gasteiger partial charge in [-0.2, -0.15) is 5.26 Å². The number of hydrogen-bond acceptors (Lipinski definition) is 5. The van der Waals surface area contributed by atoms with Crippen LogP contribution in [-0.4, -0.2) is 59.1 Å². The normalized spacial score (nSPS) is 21.3. The molecule has 1 saturated heterocycles. The van der Waals surface area contributed by atoms with Gasteiger partial charge in [-0.05, 0) is 87.5 Å². The van der Waals surface area contributed by atoms with Gasteiger partial charge in [-0.3, -0.25) is 9.59 Å². The monoisotopic (exact) mass is 492 g/mol. The standard InChI is InChI=1S/C28H33FN4O3/c1-28(36)12-15-33(16-13-28)27(35)24(32-26(34)21-6-4-19(18-30)5-7-21)3-2-14-31-25-17-23(25)20-8-10-22(29)11-9-20/h4-11,23-25,31,36H,2-3,12-17H2,1H3,(H,32,34)/t23-,24-,25+/m0/s1. The third-order valence-electron chi connectivity index (χ3n) is 7.20. The molecule has 0 spiro atoms. The molecule has 7 nitrogen and oxygen atoms in total. The summed E-state index contributed by atoms with van der Waals surface area (Å²) in [7, 11) is 0. The molecule has 36 heavy (non-hydrogen) atoms. The zero-order valence-corrected chi connectivity index (χ0v) is 20.5. The van der Waals surface area contributed by atoms with Crippen molar-refractivity contribution in [1.82, 2.24) is 15.5 Å². The maximum absolute atomic E-state index is 13.3. The first-order chi connectivity index (χ1) is 17.3. The van der Waals surface area contributed by atoms with Crippen LogP contribution in [0.15, 0.2) is 48.5 Å². The number of aliphatic hydroxyl groups is 1. The summed E-state index contributed by atoms with van der Waals surface area (Å²) >= 11 is 0. The van der Waals surface area contributed by atoms with Gasteiger partial charge < -0.3 is 20.6 Å². The van der Waals surface area contributed by atoms with Gasteiger partial charge >= 0.3 is 0 Å². The summed E-state index contributed by atoms with van der Waals surface area (Å²) in [4.78, 5) is 27.9. The molecule has 0 radical (unpaired) electrons. The second kappa shape index (κ2) is 11.2. The van der Waals surface area contributed by atoms with Crippen molar-refractivity contribution in [1.29, 1.82) is 5.26 Å². The minimum absolute atomic E-state index is 0.136. The van der Waals surface area contributed by atoms with Crippen LogP contribution in [0, 0.1) is 17.1 Å². The molecule has 1 heterocycles. The fourth-order valence-corrected chi connectivity index (χ4v) is 4.72. The van der Waals surface area contributed by atoms with Crippen LogP contribution in [0.1, 0.15) is 66.4 Å². The van der Waals surface area contributed by atoms with Gasteiger partial charge in [0.15, 0.2) is 0 Å². The molecule has 1 saturated carbocycles. The highest BCUT2D eigenvalue weighted by Crippen LogP contribution is 2.40. The average molecular weight is 493 g/mol. The van der Waals surface area contributed by atoms with Crippen molar-refractivity contribution in [3.63, 3.8) is 0 Å². The van der Waals surface area contributed by atoms with E-state index in [1.165, 1.54) is 12.1 Å². The first kappa shape index (κ1) is 25.8. The van der Waals surface area contributed by atoms with Crippen LogP contribution in [0.3, 0.4) is 0 Å². The number of nitrogens with one attached hydrogen (secondary N) is 2. The van der Waals surface area contributed by atoms with Gasteiger partial charge in [0.25, 0.3) is 5.91 Å². The third-order valence-corrected chi connectivity index (χ3v) is 7.20. The SMILES string of the molecule is CC1(O)CCN(C(=O)[C@H](CCCN[C@@H]2C[C@H]2c2ccc(F)cc2)NC(=O)c2ccc(C#N)cc2)CC1. The highest BCUT2D eigenvalue weighted by Gasteiger charge is 2.38. The second-order valence-electron chi connectivity index (χ2n) is 10.1. The molecule has 2 fully saturated rings. The highest BCUT2D eigenvalue weighted by atomic mass is 19.1. The molecule has 2 amide bonds. The molecular weight excluding hydrogens is 459 g/mol. The average Bonchev–Trinajstić information content (AvgIpc) is 3.65. The van der Waals surface area contributed by atoms with Gasteiger partial charge in [-0.15, -0.1) is 0 Å². The zero-order valence-electron chi connectivity index (χ0n) is 20.5. The van der Waals surface area contributed by atoms with E-state index in [2.05, 4.69) is 10.6 Å². The van der Waals surface area contributed by atoms with Crippen molar-refractivity contribution >= 4 is 11.8 Å². The fourth-order valence-electron chi connectivity index (χ4n) is 4.72. The van der Waals surface area contributed by atoms with Crippen LogP contribution in [0.2, 0.25) is 0 Å². The summed E-state index contributed by atoms with van der Waals surface area (Å²) in [6.07, 6.45) is 3.18.